The topological polar surface area (TPSA) is 76.1 Å². The van der Waals surface area contributed by atoms with E-state index in [1.807, 2.05) is 0 Å². The highest BCUT2D eigenvalue weighted by Crippen LogP contribution is 2.70. The highest BCUT2D eigenvalue weighted by molar-refractivity contribution is 5.85. The molecule has 200 valence electrons. The maximum absolute atomic E-state index is 12.7. The Hall–Kier alpha value is -1.40. The second-order valence-electron chi connectivity index (χ2n) is 13.6. The zero-order valence-corrected chi connectivity index (χ0v) is 22.5. The highest BCUT2D eigenvalue weighted by atomic mass is 16.5. The molecule has 0 bridgehead atoms. The van der Waals surface area contributed by atoms with Gasteiger partial charge in [-0.25, -0.2) is 4.79 Å². The molecule has 1 saturated heterocycles. The lowest BCUT2D eigenvalue weighted by molar-refractivity contribution is -0.206. The smallest absolute Gasteiger partial charge is 0.331 e. The lowest BCUT2D eigenvalue weighted by atomic mass is 9.43. The molecule has 9 atom stereocenters. The molecule has 4 aliphatic carbocycles. The van der Waals surface area contributed by atoms with Crippen LogP contribution < -0.4 is 0 Å². The number of nitrogens with zero attached hydrogens (tertiary/aromatic N) is 1. The van der Waals surface area contributed by atoms with Gasteiger partial charge in [-0.2, -0.15) is 0 Å². The average Bonchev–Trinajstić information content (AvgIpc) is 3.36. The lowest BCUT2D eigenvalue weighted by Gasteiger charge is -2.64. The van der Waals surface area contributed by atoms with Gasteiger partial charge in [-0.1, -0.05) is 20.3 Å². The summed E-state index contributed by atoms with van der Waals surface area (Å²) < 4.78 is 11.2. The van der Waals surface area contributed by atoms with E-state index in [0.29, 0.717) is 12.3 Å². The van der Waals surface area contributed by atoms with Crippen molar-refractivity contribution in [3.05, 3.63) is 11.6 Å². The second kappa shape index (κ2) is 8.83. The van der Waals surface area contributed by atoms with E-state index in [9.17, 15) is 14.7 Å². The van der Waals surface area contributed by atoms with Crippen molar-refractivity contribution in [2.45, 2.75) is 109 Å². The first-order valence-electron chi connectivity index (χ1n) is 14.7. The van der Waals surface area contributed by atoms with Crippen molar-refractivity contribution in [3.8, 4) is 0 Å². The summed E-state index contributed by atoms with van der Waals surface area (Å²) in [5, 5.41) is 12.7. The van der Waals surface area contributed by atoms with Crippen molar-refractivity contribution >= 4 is 11.9 Å². The fourth-order valence-electron chi connectivity index (χ4n) is 10.4. The predicted octanol–water partition coefficient (Wildman–Crippen LogP) is 4.64. The number of hydrogen-bond acceptors (Lipinski definition) is 6. The minimum absolute atomic E-state index is 0.167. The predicted molar refractivity (Wildman–Crippen MR) is 136 cm³/mol. The first-order chi connectivity index (χ1) is 17.2. The van der Waals surface area contributed by atoms with Gasteiger partial charge in [0.25, 0.3) is 0 Å². The van der Waals surface area contributed by atoms with Crippen LogP contribution >= 0.6 is 0 Å². The summed E-state index contributed by atoms with van der Waals surface area (Å²) in [4.78, 5) is 26.9. The van der Waals surface area contributed by atoms with Crippen molar-refractivity contribution in [1.29, 1.82) is 0 Å². The van der Waals surface area contributed by atoms with Gasteiger partial charge in [-0.3, -0.25) is 4.79 Å². The quantitative estimate of drug-likeness (QED) is 0.570. The summed E-state index contributed by atoms with van der Waals surface area (Å²) in [7, 11) is 0. The standard InChI is InChI=1S/C30H45NO5/c1-19(32)36-25-17-30(34)24-8-7-21-16-22(31-13-5-4-6-14-31)9-11-28(21,2)23(24)10-12-29(30,3)27(25)20-15-26(33)35-18-20/h15,21-25,27,34H,4-14,16-18H2,1-3H3. The Balaban J connectivity index is 1.28. The number of carbonyl (C=O) groups excluding carboxylic acids is 2. The average molecular weight is 500 g/mol. The maximum Gasteiger partial charge on any atom is 0.331 e. The van der Waals surface area contributed by atoms with E-state index in [1.165, 1.54) is 65.0 Å². The van der Waals surface area contributed by atoms with Crippen LogP contribution in [0.25, 0.3) is 0 Å². The third-order valence-electron chi connectivity index (χ3n) is 12.1. The molecule has 0 spiro atoms. The lowest BCUT2D eigenvalue weighted by Crippen LogP contribution is -2.62. The largest absolute Gasteiger partial charge is 0.462 e. The molecule has 2 aliphatic heterocycles. The monoisotopic (exact) mass is 499 g/mol. The Bertz CT molecular complexity index is 942. The zero-order valence-electron chi connectivity index (χ0n) is 22.5. The zero-order chi connectivity index (χ0) is 25.3. The van der Waals surface area contributed by atoms with Gasteiger partial charge in [0, 0.05) is 36.8 Å². The number of ether oxygens (including phenoxy) is 2. The third-order valence-corrected chi connectivity index (χ3v) is 12.1. The van der Waals surface area contributed by atoms with Crippen molar-refractivity contribution in [3.63, 3.8) is 0 Å². The van der Waals surface area contributed by atoms with Crippen molar-refractivity contribution in [2.24, 2.45) is 34.5 Å². The Labute approximate surface area is 216 Å². The van der Waals surface area contributed by atoms with Gasteiger partial charge in [0.05, 0.1) is 5.60 Å². The van der Waals surface area contributed by atoms with Gasteiger partial charge in [-0.05, 0) is 99.6 Å². The number of aliphatic hydroxyl groups is 1. The van der Waals surface area contributed by atoms with Crippen LogP contribution in [0.4, 0.5) is 0 Å². The van der Waals surface area contributed by atoms with Crippen molar-refractivity contribution in [1.82, 2.24) is 4.90 Å². The van der Waals surface area contributed by atoms with Gasteiger partial charge in [0.15, 0.2) is 0 Å². The summed E-state index contributed by atoms with van der Waals surface area (Å²) >= 11 is 0. The molecule has 9 unspecified atom stereocenters. The maximum atomic E-state index is 12.7. The minimum atomic E-state index is -0.898. The fraction of sp³-hybridized carbons (Fsp3) is 0.867. The van der Waals surface area contributed by atoms with Gasteiger partial charge in [-0.15, -0.1) is 0 Å². The Morgan fingerprint density at radius 3 is 2.56 bits per heavy atom. The summed E-state index contributed by atoms with van der Waals surface area (Å²) in [5.41, 5.74) is -0.162. The Morgan fingerprint density at radius 1 is 1.08 bits per heavy atom. The highest BCUT2D eigenvalue weighted by Gasteiger charge is 2.71. The Kier molecular flexibility index (Phi) is 6.11. The molecule has 6 nitrogen and oxygen atoms in total. The van der Waals surface area contributed by atoms with E-state index in [4.69, 9.17) is 9.47 Å². The second-order valence-corrected chi connectivity index (χ2v) is 13.6. The molecule has 5 fully saturated rings. The molecule has 0 radical (unpaired) electrons. The molecule has 0 amide bonds. The summed E-state index contributed by atoms with van der Waals surface area (Å²) in [6, 6.07) is 0.743. The third kappa shape index (κ3) is 3.64. The van der Waals surface area contributed by atoms with Crippen LogP contribution in [0, 0.1) is 34.5 Å². The van der Waals surface area contributed by atoms with Gasteiger partial charge < -0.3 is 19.5 Å². The normalized spacial score (nSPS) is 48.9. The first-order valence-corrected chi connectivity index (χ1v) is 14.7. The number of rotatable bonds is 3. The van der Waals surface area contributed by atoms with E-state index >= 15 is 0 Å². The van der Waals surface area contributed by atoms with Crippen LogP contribution in [0.5, 0.6) is 0 Å². The number of cyclic esters (lactones) is 1. The first kappa shape index (κ1) is 24.9. The summed E-state index contributed by atoms with van der Waals surface area (Å²) in [5.74, 6) is 0.647. The molecule has 6 heteroatoms. The van der Waals surface area contributed by atoms with E-state index in [2.05, 4.69) is 18.7 Å². The fourth-order valence-corrected chi connectivity index (χ4v) is 10.4. The molecule has 0 aromatic heterocycles. The van der Waals surface area contributed by atoms with Crippen LogP contribution in [0.2, 0.25) is 0 Å². The van der Waals surface area contributed by atoms with E-state index in [0.717, 1.165) is 36.8 Å². The SMILES string of the molecule is CC(=O)OC1CC2(O)C3CCC4CC(N5CCCCC5)CCC4(C)C3CCC2(C)C1C1=CC(=O)OC1. The number of esters is 2. The molecule has 0 aromatic rings. The van der Waals surface area contributed by atoms with Crippen LogP contribution in [0.1, 0.15) is 91.4 Å². The number of carbonyl (C=O) groups is 2. The molecule has 1 N–H and O–H groups in total. The van der Waals surface area contributed by atoms with Gasteiger partial charge in [0.2, 0.25) is 0 Å². The number of likely N-dealkylation sites (tertiary alicyclic amines) is 1. The summed E-state index contributed by atoms with van der Waals surface area (Å²) in [6.45, 7) is 8.99. The molecule has 6 rings (SSSR count). The minimum Gasteiger partial charge on any atom is -0.462 e. The molecular formula is C30H45NO5. The summed E-state index contributed by atoms with van der Waals surface area (Å²) in [6.07, 6.45) is 13.9. The Morgan fingerprint density at radius 2 is 1.86 bits per heavy atom. The molecule has 4 saturated carbocycles. The van der Waals surface area contributed by atoms with Gasteiger partial charge in [0.1, 0.15) is 12.7 Å². The van der Waals surface area contributed by atoms with E-state index in [-0.39, 0.29) is 35.8 Å². The van der Waals surface area contributed by atoms with Crippen molar-refractivity contribution in [2.75, 3.05) is 19.7 Å². The molecule has 6 aliphatic rings. The molecule has 0 aromatic carbocycles. The number of hydrogen-bond donors (Lipinski definition) is 1. The van der Waals surface area contributed by atoms with E-state index in [1.54, 1.807) is 6.08 Å². The van der Waals surface area contributed by atoms with E-state index < -0.39 is 17.1 Å². The number of piperidine rings is 1. The number of fused-ring (bicyclic) bond motifs is 5. The van der Waals surface area contributed by atoms with Gasteiger partial charge >= 0.3 is 11.9 Å². The van der Waals surface area contributed by atoms with Crippen LogP contribution in [-0.2, 0) is 19.1 Å². The molecular weight excluding hydrogens is 454 g/mol. The van der Waals surface area contributed by atoms with Crippen LogP contribution in [0.3, 0.4) is 0 Å². The van der Waals surface area contributed by atoms with Crippen LogP contribution in [-0.4, -0.2) is 59.4 Å². The van der Waals surface area contributed by atoms with Crippen LogP contribution in [0.15, 0.2) is 11.6 Å². The van der Waals surface area contributed by atoms with Crippen molar-refractivity contribution < 1.29 is 24.2 Å². The molecule has 2 heterocycles. The molecule has 36 heavy (non-hydrogen) atoms.